The lowest BCUT2D eigenvalue weighted by molar-refractivity contribution is 0.791. The van der Waals surface area contributed by atoms with Crippen molar-refractivity contribution in [1.82, 2.24) is 0 Å². The average molecular weight is 244 g/mol. The smallest absolute Gasteiger partial charge is 0.0816 e. The summed E-state index contributed by atoms with van der Waals surface area (Å²) in [7, 11) is 0. The number of azo groups is 1. The van der Waals surface area contributed by atoms with Crippen molar-refractivity contribution in [3.8, 4) is 0 Å². The van der Waals surface area contributed by atoms with E-state index in [1.165, 1.54) is 24.0 Å². The summed E-state index contributed by atoms with van der Waals surface area (Å²) in [5, 5.41) is 8.59. The van der Waals surface area contributed by atoms with E-state index in [2.05, 4.69) is 42.3 Å². The van der Waals surface area contributed by atoms with Crippen LogP contribution in [0.4, 0.5) is 0 Å². The molecule has 0 bridgehead atoms. The summed E-state index contributed by atoms with van der Waals surface area (Å²) in [4.78, 5) is 0. The number of hydrogen-bond acceptors (Lipinski definition) is 2. The monoisotopic (exact) mass is 244 g/mol. The van der Waals surface area contributed by atoms with Crippen LogP contribution in [0, 0.1) is 0 Å². The van der Waals surface area contributed by atoms with Gasteiger partial charge in [-0.2, -0.15) is 10.2 Å². The maximum absolute atomic E-state index is 4.31. The molecule has 0 N–H and O–H groups in total. The van der Waals surface area contributed by atoms with Gasteiger partial charge in [-0.15, -0.1) is 0 Å². The zero-order valence-electron chi connectivity index (χ0n) is 11.8. The first kappa shape index (κ1) is 14.6. The predicted octanol–water partition coefficient (Wildman–Crippen LogP) is 5.37. The lowest BCUT2D eigenvalue weighted by Crippen LogP contribution is -1.87. The van der Waals surface area contributed by atoms with Crippen LogP contribution in [0.3, 0.4) is 0 Å². The van der Waals surface area contributed by atoms with E-state index in [4.69, 9.17) is 0 Å². The van der Waals surface area contributed by atoms with Gasteiger partial charge in [0.05, 0.1) is 12.2 Å². The second-order valence-corrected chi connectivity index (χ2v) is 4.63. The summed E-state index contributed by atoms with van der Waals surface area (Å²) in [5.74, 6) is 0. The SMILES string of the molecule is C/C=C\C(=C/CC)N=NCC1=CC=C(C)CCC1. The minimum atomic E-state index is 0.725. The summed E-state index contributed by atoms with van der Waals surface area (Å²) in [5.41, 5.74) is 3.80. The van der Waals surface area contributed by atoms with Crippen molar-refractivity contribution in [3.05, 3.63) is 47.2 Å². The van der Waals surface area contributed by atoms with Crippen LogP contribution in [-0.2, 0) is 0 Å². The molecule has 1 rings (SSSR count). The van der Waals surface area contributed by atoms with E-state index in [0.717, 1.165) is 25.1 Å². The summed E-state index contributed by atoms with van der Waals surface area (Å²) in [6.07, 6.45) is 15.1. The standard InChI is InChI=1S/C16H24N2/c1-4-7-16(8-5-2)18-17-13-15-10-6-9-14(3)11-12-15/h4,7-8,11-12H,5-6,9-10,13H2,1-3H3/b7-4-,16-8+,18-17?. The van der Waals surface area contributed by atoms with Gasteiger partial charge in [0.1, 0.15) is 0 Å². The lowest BCUT2D eigenvalue weighted by atomic mass is 10.1. The highest BCUT2D eigenvalue weighted by atomic mass is 15.1. The second kappa shape index (κ2) is 8.62. The van der Waals surface area contributed by atoms with Crippen molar-refractivity contribution in [2.75, 3.05) is 6.54 Å². The first-order valence-electron chi connectivity index (χ1n) is 6.81. The Morgan fingerprint density at radius 3 is 2.89 bits per heavy atom. The van der Waals surface area contributed by atoms with Crippen LogP contribution < -0.4 is 0 Å². The molecular weight excluding hydrogens is 220 g/mol. The van der Waals surface area contributed by atoms with Gasteiger partial charge in [0.15, 0.2) is 0 Å². The number of hydrogen-bond donors (Lipinski definition) is 0. The highest BCUT2D eigenvalue weighted by Gasteiger charge is 2.01. The Labute approximate surface area is 111 Å². The molecule has 0 aromatic carbocycles. The van der Waals surface area contributed by atoms with Crippen LogP contribution in [0.2, 0.25) is 0 Å². The second-order valence-electron chi connectivity index (χ2n) is 4.63. The Balaban J connectivity index is 2.56. The third kappa shape index (κ3) is 5.76. The van der Waals surface area contributed by atoms with E-state index in [-0.39, 0.29) is 0 Å². The van der Waals surface area contributed by atoms with Crippen LogP contribution in [-0.4, -0.2) is 6.54 Å². The number of rotatable bonds is 5. The average Bonchev–Trinajstić information content (AvgIpc) is 2.55. The minimum absolute atomic E-state index is 0.725. The highest BCUT2D eigenvalue weighted by molar-refractivity contribution is 5.21. The molecule has 0 spiro atoms. The molecule has 0 saturated carbocycles. The molecule has 98 valence electrons. The van der Waals surface area contributed by atoms with Gasteiger partial charge < -0.3 is 0 Å². The summed E-state index contributed by atoms with van der Waals surface area (Å²) in [6.45, 7) is 7.03. The molecule has 18 heavy (non-hydrogen) atoms. The van der Waals surface area contributed by atoms with Crippen molar-refractivity contribution in [2.45, 2.75) is 46.5 Å². The quantitative estimate of drug-likeness (QED) is 0.459. The van der Waals surface area contributed by atoms with Crippen molar-refractivity contribution in [2.24, 2.45) is 10.2 Å². The molecule has 1 aliphatic carbocycles. The Hall–Kier alpha value is -1.44. The molecule has 2 nitrogen and oxygen atoms in total. The van der Waals surface area contributed by atoms with Gasteiger partial charge in [-0.1, -0.05) is 36.8 Å². The van der Waals surface area contributed by atoms with Gasteiger partial charge in [0.2, 0.25) is 0 Å². The predicted molar refractivity (Wildman–Crippen MR) is 78.6 cm³/mol. The highest BCUT2D eigenvalue weighted by Crippen LogP contribution is 2.17. The topological polar surface area (TPSA) is 24.7 Å². The molecule has 0 saturated heterocycles. The molecule has 0 heterocycles. The Morgan fingerprint density at radius 1 is 1.33 bits per heavy atom. The third-order valence-electron chi connectivity index (χ3n) is 2.88. The maximum Gasteiger partial charge on any atom is 0.0816 e. The summed E-state index contributed by atoms with van der Waals surface area (Å²) >= 11 is 0. The van der Waals surface area contributed by atoms with E-state index in [0.29, 0.717) is 0 Å². The van der Waals surface area contributed by atoms with Crippen molar-refractivity contribution in [1.29, 1.82) is 0 Å². The van der Waals surface area contributed by atoms with Gasteiger partial charge in [0.25, 0.3) is 0 Å². The van der Waals surface area contributed by atoms with Gasteiger partial charge in [-0.3, -0.25) is 0 Å². The molecule has 0 atom stereocenters. The lowest BCUT2D eigenvalue weighted by Gasteiger charge is -2.00. The van der Waals surface area contributed by atoms with E-state index in [9.17, 15) is 0 Å². The fourth-order valence-electron chi connectivity index (χ4n) is 1.88. The van der Waals surface area contributed by atoms with Crippen LogP contribution in [0.25, 0.3) is 0 Å². The molecule has 0 amide bonds. The van der Waals surface area contributed by atoms with E-state index in [1.807, 2.05) is 19.1 Å². The number of allylic oxidation sites excluding steroid dienone is 6. The van der Waals surface area contributed by atoms with Crippen molar-refractivity contribution in [3.63, 3.8) is 0 Å². The first-order valence-corrected chi connectivity index (χ1v) is 6.81. The van der Waals surface area contributed by atoms with Crippen molar-refractivity contribution < 1.29 is 0 Å². The minimum Gasteiger partial charge on any atom is -0.184 e. The first-order chi connectivity index (χ1) is 8.76. The fraction of sp³-hybridized carbons (Fsp3) is 0.500. The van der Waals surface area contributed by atoms with Gasteiger partial charge in [-0.25, -0.2) is 0 Å². The normalized spacial score (nSPS) is 18.1. The van der Waals surface area contributed by atoms with Gasteiger partial charge in [-0.05, 0) is 51.2 Å². The molecule has 0 fully saturated rings. The number of nitrogens with zero attached hydrogens (tertiary/aromatic N) is 2. The maximum atomic E-state index is 4.31. The Morgan fingerprint density at radius 2 is 2.17 bits per heavy atom. The third-order valence-corrected chi connectivity index (χ3v) is 2.88. The Bertz CT molecular complexity index is 395. The molecule has 0 radical (unpaired) electrons. The van der Waals surface area contributed by atoms with Crippen LogP contribution >= 0.6 is 0 Å². The van der Waals surface area contributed by atoms with E-state index >= 15 is 0 Å². The molecule has 0 unspecified atom stereocenters. The molecule has 2 heteroatoms. The summed E-state index contributed by atoms with van der Waals surface area (Å²) in [6, 6.07) is 0. The zero-order valence-corrected chi connectivity index (χ0v) is 11.8. The molecule has 1 aliphatic rings. The zero-order chi connectivity index (χ0) is 13.2. The molecule has 0 aromatic rings. The van der Waals surface area contributed by atoms with Crippen LogP contribution in [0.5, 0.6) is 0 Å². The van der Waals surface area contributed by atoms with Gasteiger partial charge in [0, 0.05) is 0 Å². The van der Waals surface area contributed by atoms with E-state index in [1.54, 1.807) is 0 Å². The Kier molecular flexibility index (Phi) is 7.00. The summed E-state index contributed by atoms with van der Waals surface area (Å²) < 4.78 is 0. The van der Waals surface area contributed by atoms with E-state index < -0.39 is 0 Å². The van der Waals surface area contributed by atoms with Gasteiger partial charge >= 0.3 is 0 Å². The molecule has 0 aromatic heterocycles. The molecule has 0 aliphatic heterocycles. The largest absolute Gasteiger partial charge is 0.184 e. The van der Waals surface area contributed by atoms with Crippen molar-refractivity contribution >= 4 is 0 Å². The van der Waals surface area contributed by atoms with Crippen LogP contribution in [0.15, 0.2) is 57.5 Å². The fourth-order valence-corrected chi connectivity index (χ4v) is 1.88. The molecular formula is C16H24N2. The van der Waals surface area contributed by atoms with Crippen LogP contribution in [0.1, 0.15) is 46.5 Å².